The molecular weight excluding hydrogens is 373 g/mol. The highest BCUT2D eigenvalue weighted by atomic mass is 127. The van der Waals surface area contributed by atoms with Gasteiger partial charge in [-0.1, -0.05) is 30.3 Å². The Balaban J connectivity index is 2.81. The molecular formula is C14H18INO4. The second-order valence-corrected chi connectivity index (χ2v) is 6.37. The molecule has 0 aromatic heterocycles. The maximum absolute atomic E-state index is 11.9. The third-order valence-electron chi connectivity index (χ3n) is 2.40. The van der Waals surface area contributed by atoms with Crippen molar-refractivity contribution in [2.24, 2.45) is 0 Å². The fourth-order valence-electron chi connectivity index (χ4n) is 1.53. The number of carboxylic acids is 1. The number of aliphatic carboxylic acids is 1. The Hall–Kier alpha value is -1.31. The first-order chi connectivity index (χ1) is 9.20. The summed E-state index contributed by atoms with van der Waals surface area (Å²) in [4.78, 5) is 23.3. The zero-order valence-electron chi connectivity index (χ0n) is 11.7. The summed E-state index contributed by atoms with van der Waals surface area (Å²) in [5, 5.41) is 9.30. The minimum atomic E-state index is -1.06. The van der Waals surface area contributed by atoms with Crippen molar-refractivity contribution in [2.45, 2.75) is 38.8 Å². The van der Waals surface area contributed by atoms with Gasteiger partial charge in [0.1, 0.15) is 11.6 Å². The number of halogens is 1. The van der Waals surface area contributed by atoms with Crippen LogP contribution in [0.1, 0.15) is 26.3 Å². The molecule has 1 aromatic carbocycles. The van der Waals surface area contributed by atoms with Gasteiger partial charge in [-0.3, -0.25) is 0 Å². The number of nitrogens with zero attached hydrogens (tertiary/aromatic N) is 1. The van der Waals surface area contributed by atoms with Gasteiger partial charge in [0.25, 0.3) is 0 Å². The molecule has 1 N–H and O–H groups in total. The molecule has 5 nitrogen and oxygen atoms in total. The molecule has 1 unspecified atom stereocenters. The molecule has 1 atom stereocenters. The van der Waals surface area contributed by atoms with Crippen molar-refractivity contribution in [3.05, 3.63) is 35.9 Å². The van der Waals surface area contributed by atoms with E-state index >= 15 is 0 Å². The van der Waals surface area contributed by atoms with Gasteiger partial charge in [0.05, 0.1) is 22.9 Å². The molecule has 0 aliphatic carbocycles. The average molecular weight is 391 g/mol. The number of rotatable bonds is 4. The van der Waals surface area contributed by atoms with Gasteiger partial charge in [-0.2, -0.15) is 0 Å². The van der Waals surface area contributed by atoms with Gasteiger partial charge in [-0.05, 0) is 26.3 Å². The van der Waals surface area contributed by atoms with E-state index in [1.165, 1.54) is 0 Å². The minimum Gasteiger partial charge on any atom is -0.480 e. The molecule has 0 saturated carbocycles. The summed E-state index contributed by atoms with van der Waals surface area (Å²) in [7, 11) is 0. The second-order valence-electron chi connectivity index (χ2n) is 5.34. The normalized spacial score (nSPS) is 12.6. The highest BCUT2D eigenvalue weighted by Crippen LogP contribution is 2.18. The standard InChI is InChI=1S/C14H18INO4/c1-14(2,3)20-13(19)16(15)11(12(17)18)9-10-7-5-4-6-8-10/h4-8,11H,9H2,1-3H3,(H,17,18). The first kappa shape index (κ1) is 16.7. The molecule has 0 saturated heterocycles. The Morgan fingerprint density at radius 2 is 1.85 bits per heavy atom. The van der Waals surface area contributed by atoms with Gasteiger partial charge in [-0.25, -0.2) is 12.7 Å². The van der Waals surface area contributed by atoms with Crippen LogP contribution in [0.15, 0.2) is 30.3 Å². The highest BCUT2D eigenvalue weighted by molar-refractivity contribution is 14.1. The lowest BCUT2D eigenvalue weighted by molar-refractivity contribution is -0.140. The summed E-state index contributed by atoms with van der Waals surface area (Å²) in [6, 6.07) is 8.21. The van der Waals surface area contributed by atoms with Gasteiger partial charge in [0.15, 0.2) is 0 Å². The van der Waals surface area contributed by atoms with Gasteiger partial charge in [0.2, 0.25) is 0 Å². The van der Waals surface area contributed by atoms with Crippen LogP contribution in [0.4, 0.5) is 4.79 Å². The van der Waals surface area contributed by atoms with Crippen LogP contribution in [-0.4, -0.2) is 31.9 Å². The quantitative estimate of drug-likeness (QED) is 0.632. The van der Waals surface area contributed by atoms with E-state index in [-0.39, 0.29) is 6.42 Å². The summed E-state index contributed by atoms with van der Waals surface area (Å²) in [5.41, 5.74) is 0.196. The molecule has 1 aromatic rings. The third-order valence-corrected chi connectivity index (χ3v) is 3.46. The van der Waals surface area contributed by atoms with Crippen LogP contribution >= 0.6 is 22.9 Å². The number of carboxylic acid groups (broad SMARTS) is 1. The van der Waals surface area contributed by atoms with Gasteiger partial charge in [-0.15, -0.1) is 0 Å². The molecule has 6 heteroatoms. The minimum absolute atomic E-state index is 0.234. The summed E-state index contributed by atoms with van der Waals surface area (Å²) in [6.45, 7) is 5.22. The smallest absolute Gasteiger partial charge is 0.419 e. The number of carbonyl (C=O) groups is 2. The second kappa shape index (κ2) is 6.92. The summed E-state index contributed by atoms with van der Waals surface area (Å²) in [6.07, 6.45) is -0.417. The number of hydrogen-bond acceptors (Lipinski definition) is 3. The Morgan fingerprint density at radius 3 is 2.30 bits per heavy atom. The van der Waals surface area contributed by atoms with E-state index in [4.69, 9.17) is 4.74 Å². The molecule has 20 heavy (non-hydrogen) atoms. The largest absolute Gasteiger partial charge is 0.480 e. The van der Waals surface area contributed by atoms with E-state index in [1.807, 2.05) is 30.3 Å². The van der Waals surface area contributed by atoms with E-state index in [2.05, 4.69) is 0 Å². The van der Waals surface area contributed by atoms with Gasteiger partial charge >= 0.3 is 12.1 Å². The van der Waals surface area contributed by atoms with Crippen molar-refractivity contribution in [3.63, 3.8) is 0 Å². The number of hydrogen-bond donors (Lipinski definition) is 1. The molecule has 0 fully saturated rings. The average Bonchev–Trinajstić information content (AvgIpc) is 2.34. The van der Waals surface area contributed by atoms with Crippen LogP contribution in [-0.2, 0) is 16.0 Å². The zero-order valence-corrected chi connectivity index (χ0v) is 13.8. The maximum Gasteiger partial charge on any atom is 0.419 e. The molecule has 0 radical (unpaired) electrons. The summed E-state index contributed by atoms with van der Waals surface area (Å²) < 4.78 is 6.28. The third kappa shape index (κ3) is 5.36. The summed E-state index contributed by atoms with van der Waals surface area (Å²) >= 11 is 1.69. The molecule has 1 amide bonds. The SMILES string of the molecule is CC(C)(C)OC(=O)N(I)C(Cc1ccccc1)C(=O)O. The lowest BCUT2D eigenvalue weighted by Crippen LogP contribution is -2.42. The van der Waals surface area contributed by atoms with Gasteiger partial charge in [0, 0.05) is 6.42 Å². The number of carbonyl (C=O) groups excluding carboxylic acids is 1. The van der Waals surface area contributed by atoms with E-state index in [0.717, 1.165) is 8.68 Å². The number of benzene rings is 1. The number of ether oxygens (including phenoxy) is 1. The Morgan fingerprint density at radius 1 is 1.30 bits per heavy atom. The molecule has 1 rings (SSSR count). The number of amides is 1. The van der Waals surface area contributed by atoms with Crippen LogP contribution in [0.3, 0.4) is 0 Å². The van der Waals surface area contributed by atoms with Crippen molar-refractivity contribution in [3.8, 4) is 0 Å². The molecule has 0 bridgehead atoms. The predicted octanol–water partition coefficient (Wildman–Crippen LogP) is 3.27. The Labute approximate surface area is 132 Å². The fraction of sp³-hybridized carbons (Fsp3) is 0.429. The van der Waals surface area contributed by atoms with Gasteiger partial charge < -0.3 is 9.84 Å². The van der Waals surface area contributed by atoms with Crippen molar-refractivity contribution in [1.82, 2.24) is 3.11 Å². The summed E-state index contributed by atoms with van der Waals surface area (Å²) in [5.74, 6) is -1.06. The van der Waals surface area contributed by atoms with E-state index in [1.54, 1.807) is 43.6 Å². The molecule has 110 valence electrons. The first-order valence-corrected chi connectivity index (χ1v) is 7.12. The van der Waals surface area contributed by atoms with E-state index in [9.17, 15) is 14.7 Å². The van der Waals surface area contributed by atoms with Crippen LogP contribution in [0, 0.1) is 0 Å². The topological polar surface area (TPSA) is 66.8 Å². The Bertz CT molecular complexity index is 470. The molecule has 0 aliphatic heterocycles. The lowest BCUT2D eigenvalue weighted by atomic mass is 10.1. The predicted molar refractivity (Wildman–Crippen MR) is 83.7 cm³/mol. The van der Waals surface area contributed by atoms with Crippen LogP contribution in [0.2, 0.25) is 0 Å². The first-order valence-electron chi connectivity index (χ1n) is 6.15. The van der Waals surface area contributed by atoms with Crippen LogP contribution in [0.25, 0.3) is 0 Å². The highest BCUT2D eigenvalue weighted by Gasteiger charge is 2.31. The van der Waals surface area contributed by atoms with Crippen molar-refractivity contribution in [2.75, 3.05) is 0 Å². The van der Waals surface area contributed by atoms with E-state index < -0.39 is 23.7 Å². The molecule has 0 heterocycles. The monoisotopic (exact) mass is 391 g/mol. The van der Waals surface area contributed by atoms with Crippen LogP contribution in [0.5, 0.6) is 0 Å². The van der Waals surface area contributed by atoms with Crippen LogP contribution < -0.4 is 0 Å². The van der Waals surface area contributed by atoms with E-state index in [0.29, 0.717) is 0 Å². The molecule has 0 aliphatic rings. The fourth-order valence-corrected chi connectivity index (χ4v) is 2.07. The molecule has 0 spiro atoms. The maximum atomic E-state index is 11.9. The Kier molecular flexibility index (Phi) is 5.79. The lowest BCUT2D eigenvalue weighted by Gasteiger charge is -2.26. The van der Waals surface area contributed by atoms with Crippen molar-refractivity contribution >= 4 is 34.9 Å². The van der Waals surface area contributed by atoms with Crippen molar-refractivity contribution < 1.29 is 19.4 Å². The zero-order chi connectivity index (χ0) is 15.3. The van der Waals surface area contributed by atoms with Crippen molar-refractivity contribution in [1.29, 1.82) is 0 Å².